The van der Waals surface area contributed by atoms with E-state index in [1.54, 1.807) is 37.3 Å². The second-order valence-electron chi connectivity index (χ2n) is 6.52. The van der Waals surface area contributed by atoms with E-state index in [-0.39, 0.29) is 18.8 Å². The lowest BCUT2D eigenvalue weighted by molar-refractivity contribution is -0.185. The second-order valence-corrected chi connectivity index (χ2v) is 6.52. The van der Waals surface area contributed by atoms with Crippen molar-refractivity contribution < 1.29 is 27.2 Å². The number of hydrogen-bond donors (Lipinski definition) is 1. The summed E-state index contributed by atoms with van der Waals surface area (Å²) in [4.78, 5) is 24.8. The molecule has 0 saturated carbocycles. The van der Waals surface area contributed by atoms with Crippen LogP contribution in [-0.4, -0.2) is 29.4 Å². The number of furan rings is 1. The first-order valence-corrected chi connectivity index (χ1v) is 8.95. The van der Waals surface area contributed by atoms with Crippen molar-refractivity contribution >= 4 is 28.5 Å². The van der Waals surface area contributed by atoms with Gasteiger partial charge in [0.05, 0.1) is 0 Å². The predicted molar refractivity (Wildman–Crippen MR) is 102 cm³/mol. The summed E-state index contributed by atoms with van der Waals surface area (Å²) in [5.74, 6) is -2.19. The molecule has 0 bridgehead atoms. The van der Waals surface area contributed by atoms with E-state index in [1.807, 2.05) is 12.1 Å². The van der Waals surface area contributed by atoms with Gasteiger partial charge in [0.15, 0.2) is 5.76 Å². The lowest BCUT2D eigenvalue weighted by Gasteiger charge is -2.22. The van der Waals surface area contributed by atoms with E-state index >= 15 is 0 Å². The van der Waals surface area contributed by atoms with Crippen LogP contribution in [0.15, 0.2) is 52.9 Å². The van der Waals surface area contributed by atoms with Crippen molar-refractivity contribution in [2.75, 3.05) is 11.9 Å². The highest BCUT2D eigenvalue weighted by Crippen LogP contribution is 2.26. The van der Waals surface area contributed by atoms with Crippen LogP contribution in [0.4, 0.5) is 18.9 Å². The Hall–Kier alpha value is -3.29. The normalized spacial score (nSPS) is 11.5. The topological polar surface area (TPSA) is 62.6 Å². The Morgan fingerprint density at radius 3 is 2.48 bits per heavy atom. The van der Waals surface area contributed by atoms with Gasteiger partial charge in [0.1, 0.15) is 5.58 Å². The Morgan fingerprint density at radius 2 is 1.83 bits per heavy atom. The van der Waals surface area contributed by atoms with Crippen LogP contribution in [0.2, 0.25) is 0 Å². The Labute approximate surface area is 165 Å². The van der Waals surface area contributed by atoms with Crippen LogP contribution in [0.1, 0.15) is 28.6 Å². The molecular weight excluding hydrogens is 385 g/mol. The van der Waals surface area contributed by atoms with Crippen LogP contribution < -0.4 is 5.32 Å². The summed E-state index contributed by atoms with van der Waals surface area (Å²) in [5, 5.41) is 3.52. The maximum absolute atomic E-state index is 12.7. The van der Waals surface area contributed by atoms with E-state index in [2.05, 4.69) is 5.32 Å². The van der Waals surface area contributed by atoms with Crippen molar-refractivity contribution in [2.24, 2.45) is 0 Å². The molecule has 2 aromatic carbocycles. The van der Waals surface area contributed by atoms with Crippen LogP contribution in [0, 0.1) is 6.92 Å². The molecule has 0 fully saturated rings. The molecule has 0 spiro atoms. The third-order valence-corrected chi connectivity index (χ3v) is 4.52. The second kappa shape index (κ2) is 7.98. The number of fused-ring (bicyclic) bond motifs is 1. The summed E-state index contributed by atoms with van der Waals surface area (Å²) in [5.41, 5.74) is 2.14. The number of carbonyl (C=O) groups is 2. The molecule has 0 saturated heterocycles. The minimum absolute atomic E-state index is 0.0902. The van der Waals surface area contributed by atoms with Gasteiger partial charge in [0, 0.05) is 29.7 Å². The molecule has 8 heteroatoms. The molecule has 152 valence electrons. The fourth-order valence-electron chi connectivity index (χ4n) is 3.05. The van der Waals surface area contributed by atoms with Crippen LogP contribution in [-0.2, 0) is 11.3 Å². The van der Waals surface area contributed by atoms with Crippen LogP contribution in [0.5, 0.6) is 0 Å². The third-order valence-electron chi connectivity index (χ3n) is 4.52. The number of aryl methyl sites for hydroxylation is 1. The van der Waals surface area contributed by atoms with Gasteiger partial charge in [0.2, 0.25) is 0 Å². The highest BCUT2D eigenvalue weighted by molar-refractivity contribution is 6.06. The van der Waals surface area contributed by atoms with Gasteiger partial charge in [-0.05, 0) is 37.6 Å². The van der Waals surface area contributed by atoms with Crippen molar-refractivity contribution in [1.29, 1.82) is 0 Å². The molecule has 5 nitrogen and oxygen atoms in total. The SMILES string of the molecule is CCN(Cc1cccc(NC(=O)c2oc3ccccc3c2C)c1)C(=O)C(F)(F)F. The third kappa shape index (κ3) is 4.42. The maximum Gasteiger partial charge on any atom is 0.471 e. The van der Waals surface area contributed by atoms with Crippen molar-refractivity contribution in [1.82, 2.24) is 4.90 Å². The van der Waals surface area contributed by atoms with E-state index in [1.165, 1.54) is 13.0 Å². The minimum Gasteiger partial charge on any atom is -0.451 e. The number of benzene rings is 2. The number of hydrogen-bond acceptors (Lipinski definition) is 3. The monoisotopic (exact) mass is 404 g/mol. The van der Waals surface area contributed by atoms with Gasteiger partial charge in [-0.2, -0.15) is 13.2 Å². The fraction of sp³-hybridized carbons (Fsp3) is 0.238. The molecule has 3 aromatic rings. The van der Waals surface area contributed by atoms with E-state index in [4.69, 9.17) is 4.42 Å². The molecule has 1 heterocycles. The lowest BCUT2D eigenvalue weighted by Crippen LogP contribution is -2.40. The van der Waals surface area contributed by atoms with Gasteiger partial charge < -0.3 is 14.6 Å². The zero-order valence-electron chi connectivity index (χ0n) is 15.8. The molecular formula is C21H19F3N2O3. The average molecular weight is 404 g/mol. The molecule has 2 amide bonds. The van der Waals surface area contributed by atoms with E-state index < -0.39 is 18.0 Å². The number of nitrogens with zero attached hydrogens (tertiary/aromatic N) is 1. The Bertz CT molecular complexity index is 1060. The van der Waals surface area contributed by atoms with Gasteiger partial charge in [-0.25, -0.2) is 0 Å². The molecule has 0 radical (unpaired) electrons. The Kier molecular flexibility index (Phi) is 5.63. The summed E-state index contributed by atoms with van der Waals surface area (Å²) in [6.45, 7) is 2.94. The van der Waals surface area contributed by atoms with E-state index in [0.717, 1.165) is 5.39 Å². The maximum atomic E-state index is 12.7. The predicted octanol–water partition coefficient (Wildman–Crippen LogP) is 4.90. The molecule has 3 rings (SSSR count). The quantitative estimate of drug-likeness (QED) is 0.658. The number of anilines is 1. The van der Waals surface area contributed by atoms with Crippen LogP contribution >= 0.6 is 0 Å². The standard InChI is InChI=1S/C21H19F3N2O3/c1-3-26(20(28)21(22,23)24)12-14-7-6-8-15(11-14)25-19(27)18-13(2)16-9-4-5-10-17(16)29-18/h4-11H,3,12H2,1-2H3,(H,25,27). The van der Waals surface area contributed by atoms with Gasteiger partial charge >= 0.3 is 12.1 Å². The smallest absolute Gasteiger partial charge is 0.451 e. The minimum atomic E-state index is -4.93. The van der Waals surface area contributed by atoms with Crippen molar-refractivity contribution in [3.05, 3.63) is 65.4 Å². The van der Waals surface area contributed by atoms with Crippen molar-refractivity contribution in [2.45, 2.75) is 26.6 Å². The molecule has 0 atom stereocenters. The number of alkyl halides is 3. The molecule has 0 aliphatic carbocycles. The van der Waals surface area contributed by atoms with E-state index in [9.17, 15) is 22.8 Å². The largest absolute Gasteiger partial charge is 0.471 e. The molecule has 1 N–H and O–H groups in total. The summed E-state index contributed by atoms with van der Waals surface area (Å²) in [7, 11) is 0. The van der Waals surface area contributed by atoms with E-state index in [0.29, 0.717) is 27.3 Å². The fourth-order valence-corrected chi connectivity index (χ4v) is 3.05. The van der Waals surface area contributed by atoms with Gasteiger partial charge in [0.25, 0.3) is 5.91 Å². The number of amides is 2. The first-order chi connectivity index (χ1) is 13.7. The number of carbonyl (C=O) groups excluding carboxylic acids is 2. The summed E-state index contributed by atoms with van der Waals surface area (Å²) < 4.78 is 43.7. The van der Waals surface area contributed by atoms with Crippen LogP contribution in [0.25, 0.3) is 11.0 Å². The summed E-state index contributed by atoms with van der Waals surface area (Å²) in [6, 6.07) is 13.6. The molecule has 1 aromatic heterocycles. The van der Waals surface area contributed by atoms with Crippen molar-refractivity contribution in [3.63, 3.8) is 0 Å². The van der Waals surface area contributed by atoms with Crippen LogP contribution in [0.3, 0.4) is 0 Å². The van der Waals surface area contributed by atoms with Gasteiger partial charge in [-0.15, -0.1) is 0 Å². The van der Waals surface area contributed by atoms with Gasteiger partial charge in [-0.3, -0.25) is 9.59 Å². The summed E-state index contributed by atoms with van der Waals surface area (Å²) in [6.07, 6.45) is -4.93. The number of rotatable bonds is 5. The molecule has 0 unspecified atom stereocenters. The number of halogens is 3. The first kappa shape index (κ1) is 20.4. The molecule has 29 heavy (non-hydrogen) atoms. The Balaban J connectivity index is 1.78. The highest BCUT2D eigenvalue weighted by atomic mass is 19.4. The number of nitrogens with one attached hydrogen (secondary N) is 1. The zero-order chi connectivity index (χ0) is 21.2. The molecule has 0 aliphatic heterocycles. The lowest BCUT2D eigenvalue weighted by atomic mass is 10.1. The average Bonchev–Trinajstić information content (AvgIpc) is 3.02. The number of para-hydroxylation sites is 1. The van der Waals surface area contributed by atoms with Gasteiger partial charge in [-0.1, -0.05) is 30.3 Å². The molecule has 0 aliphatic rings. The summed E-state index contributed by atoms with van der Waals surface area (Å²) >= 11 is 0. The highest BCUT2D eigenvalue weighted by Gasteiger charge is 2.41. The van der Waals surface area contributed by atoms with Crippen molar-refractivity contribution in [3.8, 4) is 0 Å². The zero-order valence-corrected chi connectivity index (χ0v) is 15.8. The Morgan fingerprint density at radius 1 is 1.10 bits per heavy atom. The first-order valence-electron chi connectivity index (χ1n) is 8.95.